The topological polar surface area (TPSA) is 55.8 Å². The minimum absolute atomic E-state index is 0.176. The lowest BCUT2D eigenvalue weighted by Crippen LogP contribution is -2.39. The summed E-state index contributed by atoms with van der Waals surface area (Å²) in [6.07, 6.45) is 0.467. The van der Waals surface area contributed by atoms with Crippen LogP contribution in [0.15, 0.2) is 18.2 Å². The van der Waals surface area contributed by atoms with E-state index in [1.807, 2.05) is 18.2 Å². The first-order valence-electron chi connectivity index (χ1n) is 5.09. The lowest BCUT2D eigenvalue weighted by Gasteiger charge is -2.31. The molecule has 1 aromatic rings. The van der Waals surface area contributed by atoms with E-state index in [1.54, 1.807) is 14.0 Å². The molecule has 4 nitrogen and oxygen atoms in total. The van der Waals surface area contributed by atoms with Crippen molar-refractivity contribution in [1.29, 1.82) is 0 Å². The van der Waals surface area contributed by atoms with Gasteiger partial charge >= 0.3 is 5.97 Å². The molecule has 0 aliphatic carbocycles. The van der Waals surface area contributed by atoms with Crippen molar-refractivity contribution in [2.75, 3.05) is 13.7 Å². The number of ether oxygens (including phenoxy) is 2. The van der Waals surface area contributed by atoms with Crippen molar-refractivity contribution in [2.24, 2.45) is 5.41 Å². The Morgan fingerprint density at radius 3 is 2.94 bits per heavy atom. The Kier molecular flexibility index (Phi) is 2.50. The van der Waals surface area contributed by atoms with E-state index in [2.05, 4.69) is 0 Å². The third-order valence-corrected chi connectivity index (χ3v) is 2.91. The molecule has 1 aliphatic heterocycles. The molecule has 16 heavy (non-hydrogen) atoms. The number of carboxylic acid groups (broad SMARTS) is 1. The van der Waals surface area contributed by atoms with Gasteiger partial charge in [-0.2, -0.15) is 0 Å². The quantitative estimate of drug-likeness (QED) is 0.827. The summed E-state index contributed by atoms with van der Waals surface area (Å²) in [6.45, 7) is 1.87. The normalized spacial score (nSPS) is 23.1. The first-order chi connectivity index (χ1) is 7.57. The fraction of sp³-hybridized carbons (Fsp3) is 0.417. The number of carbonyl (C=O) groups is 1. The number of para-hydroxylation sites is 1. The number of aliphatic carboxylic acids is 1. The van der Waals surface area contributed by atoms with Gasteiger partial charge in [-0.15, -0.1) is 0 Å². The fourth-order valence-corrected chi connectivity index (χ4v) is 1.87. The van der Waals surface area contributed by atoms with E-state index in [1.165, 1.54) is 0 Å². The molecule has 2 rings (SSSR count). The zero-order valence-corrected chi connectivity index (χ0v) is 9.32. The highest BCUT2D eigenvalue weighted by Gasteiger charge is 2.39. The zero-order valence-electron chi connectivity index (χ0n) is 9.32. The van der Waals surface area contributed by atoms with Crippen LogP contribution in [0.1, 0.15) is 12.5 Å². The molecule has 1 aliphatic rings. The largest absolute Gasteiger partial charge is 0.493 e. The summed E-state index contributed by atoms with van der Waals surface area (Å²) in [5.74, 6) is 0.495. The van der Waals surface area contributed by atoms with Crippen LogP contribution in [0.2, 0.25) is 0 Å². The summed E-state index contributed by atoms with van der Waals surface area (Å²) in [5.41, 5.74) is 0.0369. The van der Waals surface area contributed by atoms with Gasteiger partial charge in [0.15, 0.2) is 11.5 Å². The highest BCUT2D eigenvalue weighted by molar-refractivity contribution is 5.75. The molecule has 0 bridgehead atoms. The van der Waals surface area contributed by atoms with Crippen LogP contribution in [-0.2, 0) is 11.2 Å². The molecule has 1 N–H and O–H groups in total. The Labute approximate surface area is 93.8 Å². The molecular weight excluding hydrogens is 208 g/mol. The summed E-state index contributed by atoms with van der Waals surface area (Å²) in [7, 11) is 1.57. The van der Waals surface area contributed by atoms with E-state index in [0.29, 0.717) is 17.9 Å². The maximum absolute atomic E-state index is 11.1. The Morgan fingerprint density at radius 1 is 1.56 bits per heavy atom. The molecule has 0 fully saturated rings. The van der Waals surface area contributed by atoms with Gasteiger partial charge in [-0.25, -0.2) is 0 Å². The van der Waals surface area contributed by atoms with Crippen LogP contribution in [0.5, 0.6) is 11.5 Å². The van der Waals surface area contributed by atoms with Gasteiger partial charge in [-0.05, 0) is 25.0 Å². The van der Waals surface area contributed by atoms with Gasteiger partial charge in [0, 0.05) is 0 Å². The molecule has 1 aromatic carbocycles. The molecule has 0 saturated heterocycles. The van der Waals surface area contributed by atoms with Gasteiger partial charge in [0.05, 0.1) is 7.11 Å². The van der Waals surface area contributed by atoms with Crippen LogP contribution in [0.3, 0.4) is 0 Å². The molecular formula is C12H14O4. The molecule has 86 valence electrons. The van der Waals surface area contributed by atoms with Crippen molar-refractivity contribution in [2.45, 2.75) is 13.3 Å². The number of fused-ring (bicyclic) bond motifs is 1. The lowest BCUT2D eigenvalue weighted by molar-refractivity contribution is -0.150. The first kappa shape index (κ1) is 10.8. The molecule has 0 aromatic heterocycles. The Balaban J connectivity index is 2.39. The second-order valence-electron chi connectivity index (χ2n) is 4.28. The standard InChI is InChI=1S/C12H14O4/c1-12(11(13)14)6-8-4-3-5-9(15-2)10(8)16-7-12/h3-5H,6-7H2,1-2H3,(H,13,14). The lowest BCUT2D eigenvalue weighted by atomic mass is 9.82. The minimum atomic E-state index is -0.848. The van der Waals surface area contributed by atoms with Gasteiger partial charge in [-0.3, -0.25) is 4.79 Å². The number of benzene rings is 1. The molecule has 1 unspecified atom stereocenters. The van der Waals surface area contributed by atoms with E-state index >= 15 is 0 Å². The van der Waals surface area contributed by atoms with Crippen LogP contribution >= 0.6 is 0 Å². The Hall–Kier alpha value is -1.71. The average Bonchev–Trinajstić information content (AvgIpc) is 2.27. The van der Waals surface area contributed by atoms with E-state index in [0.717, 1.165) is 5.56 Å². The van der Waals surface area contributed by atoms with Crippen LogP contribution in [0.25, 0.3) is 0 Å². The van der Waals surface area contributed by atoms with E-state index < -0.39 is 11.4 Å². The van der Waals surface area contributed by atoms with E-state index in [9.17, 15) is 4.79 Å². The van der Waals surface area contributed by atoms with Crippen molar-refractivity contribution >= 4 is 5.97 Å². The monoisotopic (exact) mass is 222 g/mol. The average molecular weight is 222 g/mol. The molecule has 1 heterocycles. The van der Waals surface area contributed by atoms with E-state index in [-0.39, 0.29) is 6.61 Å². The van der Waals surface area contributed by atoms with Crippen LogP contribution in [0, 0.1) is 5.41 Å². The third-order valence-electron chi connectivity index (χ3n) is 2.91. The second-order valence-corrected chi connectivity index (χ2v) is 4.28. The minimum Gasteiger partial charge on any atom is -0.493 e. The first-order valence-corrected chi connectivity index (χ1v) is 5.09. The number of hydrogen-bond acceptors (Lipinski definition) is 3. The van der Waals surface area contributed by atoms with Crippen molar-refractivity contribution < 1.29 is 19.4 Å². The predicted octanol–water partition coefficient (Wildman–Crippen LogP) is 1.72. The van der Waals surface area contributed by atoms with Gasteiger partial charge in [-0.1, -0.05) is 12.1 Å². The van der Waals surface area contributed by atoms with E-state index in [4.69, 9.17) is 14.6 Å². The molecule has 0 radical (unpaired) electrons. The second kappa shape index (κ2) is 3.70. The fourth-order valence-electron chi connectivity index (χ4n) is 1.87. The Morgan fingerprint density at radius 2 is 2.31 bits per heavy atom. The maximum Gasteiger partial charge on any atom is 0.313 e. The van der Waals surface area contributed by atoms with Crippen LogP contribution in [-0.4, -0.2) is 24.8 Å². The van der Waals surface area contributed by atoms with Crippen molar-refractivity contribution in [1.82, 2.24) is 0 Å². The van der Waals surface area contributed by atoms with Gasteiger partial charge in [0.25, 0.3) is 0 Å². The highest BCUT2D eigenvalue weighted by Crippen LogP contribution is 2.40. The predicted molar refractivity (Wildman–Crippen MR) is 57.9 cm³/mol. The molecule has 0 amide bonds. The zero-order chi connectivity index (χ0) is 11.8. The molecule has 0 saturated carbocycles. The smallest absolute Gasteiger partial charge is 0.313 e. The highest BCUT2D eigenvalue weighted by atomic mass is 16.5. The summed E-state index contributed by atoms with van der Waals surface area (Å²) in [4.78, 5) is 11.1. The van der Waals surface area contributed by atoms with Gasteiger partial charge in [0.1, 0.15) is 12.0 Å². The van der Waals surface area contributed by atoms with Gasteiger partial charge < -0.3 is 14.6 Å². The summed E-state index contributed by atoms with van der Waals surface area (Å²) in [6, 6.07) is 5.52. The van der Waals surface area contributed by atoms with Crippen molar-refractivity contribution in [3.63, 3.8) is 0 Å². The van der Waals surface area contributed by atoms with Crippen LogP contribution < -0.4 is 9.47 Å². The summed E-state index contributed by atoms with van der Waals surface area (Å²) in [5, 5.41) is 9.14. The van der Waals surface area contributed by atoms with Crippen molar-refractivity contribution in [3.8, 4) is 11.5 Å². The number of rotatable bonds is 2. The Bertz CT molecular complexity index is 427. The van der Waals surface area contributed by atoms with Crippen molar-refractivity contribution in [3.05, 3.63) is 23.8 Å². The molecule has 0 spiro atoms. The summed E-state index contributed by atoms with van der Waals surface area (Å²) >= 11 is 0. The third kappa shape index (κ3) is 1.60. The number of carboxylic acids is 1. The van der Waals surface area contributed by atoms with Gasteiger partial charge in [0.2, 0.25) is 0 Å². The number of methoxy groups -OCH3 is 1. The SMILES string of the molecule is COc1cccc2c1OCC(C)(C(=O)O)C2. The summed E-state index contributed by atoms with van der Waals surface area (Å²) < 4.78 is 10.7. The van der Waals surface area contributed by atoms with Crippen LogP contribution in [0.4, 0.5) is 0 Å². The maximum atomic E-state index is 11.1. The number of hydrogen-bond donors (Lipinski definition) is 1. The molecule has 1 atom stereocenters. The molecule has 4 heteroatoms.